The third-order valence-electron chi connectivity index (χ3n) is 3.95. The second-order valence-corrected chi connectivity index (χ2v) is 5.53. The average molecular weight is 334 g/mol. The monoisotopic (exact) mass is 334 g/mol. The molecule has 0 saturated heterocycles. The molecule has 0 unspecified atom stereocenters. The van der Waals surface area contributed by atoms with Crippen LogP contribution in [0.25, 0.3) is 28.7 Å². The molecule has 0 aromatic carbocycles. The number of hydrogen-bond acceptors (Lipinski definition) is 6. The predicted octanol–water partition coefficient (Wildman–Crippen LogP) is 1.99. The Morgan fingerprint density at radius 3 is 2.84 bits per heavy atom. The fraction of sp³-hybridized carbons (Fsp3) is 0.118. The molecule has 124 valence electrons. The molecular formula is C17H14N6O2. The summed E-state index contributed by atoms with van der Waals surface area (Å²) in [5.74, 6) is 1.20. The zero-order valence-electron chi connectivity index (χ0n) is 13.6. The van der Waals surface area contributed by atoms with Crippen molar-refractivity contribution in [2.24, 2.45) is 7.05 Å². The SMILES string of the molecule is Cc1ccc(-c2noc(-c3ccnc(-n4cccn4)c3)n2)c(=O)n1C. The lowest BCUT2D eigenvalue weighted by Gasteiger charge is -2.03. The first-order chi connectivity index (χ1) is 12.1. The van der Waals surface area contributed by atoms with Gasteiger partial charge >= 0.3 is 0 Å². The lowest BCUT2D eigenvalue weighted by Crippen LogP contribution is -2.20. The lowest BCUT2D eigenvalue weighted by molar-refractivity contribution is 0.432. The summed E-state index contributed by atoms with van der Waals surface area (Å²) in [5.41, 5.74) is 1.78. The summed E-state index contributed by atoms with van der Waals surface area (Å²) >= 11 is 0. The van der Waals surface area contributed by atoms with Gasteiger partial charge in [0.15, 0.2) is 5.82 Å². The van der Waals surface area contributed by atoms with Crippen molar-refractivity contribution in [1.82, 2.24) is 29.5 Å². The van der Waals surface area contributed by atoms with Gasteiger partial charge in [-0.05, 0) is 37.3 Å². The summed E-state index contributed by atoms with van der Waals surface area (Å²) < 4.78 is 8.52. The second-order valence-electron chi connectivity index (χ2n) is 5.53. The summed E-state index contributed by atoms with van der Waals surface area (Å²) in [6.07, 6.45) is 5.11. The van der Waals surface area contributed by atoms with E-state index in [1.54, 1.807) is 53.1 Å². The van der Waals surface area contributed by atoms with E-state index in [1.807, 2.05) is 19.1 Å². The summed E-state index contributed by atoms with van der Waals surface area (Å²) in [4.78, 5) is 21.0. The van der Waals surface area contributed by atoms with E-state index in [-0.39, 0.29) is 11.4 Å². The smallest absolute Gasteiger partial charge is 0.261 e. The van der Waals surface area contributed by atoms with Gasteiger partial charge in [-0.15, -0.1) is 0 Å². The molecule has 8 nitrogen and oxygen atoms in total. The third-order valence-corrected chi connectivity index (χ3v) is 3.95. The first-order valence-corrected chi connectivity index (χ1v) is 7.60. The zero-order chi connectivity index (χ0) is 17.4. The maximum atomic E-state index is 12.4. The van der Waals surface area contributed by atoms with Crippen LogP contribution in [-0.4, -0.2) is 29.5 Å². The standard InChI is InChI=1S/C17H14N6O2/c1-11-4-5-13(17(24)22(11)2)15-20-16(25-21-15)12-6-8-18-14(10-12)23-9-3-7-19-23/h3-10H,1-2H3. The molecule has 0 atom stereocenters. The van der Waals surface area contributed by atoms with Crippen LogP contribution in [0.1, 0.15) is 5.69 Å². The van der Waals surface area contributed by atoms with Crippen LogP contribution in [-0.2, 0) is 7.05 Å². The van der Waals surface area contributed by atoms with E-state index < -0.39 is 0 Å². The minimum atomic E-state index is -0.167. The molecule has 4 aromatic heterocycles. The van der Waals surface area contributed by atoms with Crippen LogP contribution in [0.4, 0.5) is 0 Å². The van der Waals surface area contributed by atoms with Crippen LogP contribution in [0.2, 0.25) is 0 Å². The van der Waals surface area contributed by atoms with Crippen molar-refractivity contribution in [3.63, 3.8) is 0 Å². The number of rotatable bonds is 3. The molecular weight excluding hydrogens is 320 g/mol. The quantitative estimate of drug-likeness (QED) is 0.569. The van der Waals surface area contributed by atoms with Crippen molar-refractivity contribution < 1.29 is 4.52 Å². The number of aromatic nitrogens is 6. The molecule has 0 radical (unpaired) electrons. The molecule has 0 bridgehead atoms. The maximum absolute atomic E-state index is 12.4. The fourth-order valence-corrected chi connectivity index (χ4v) is 2.43. The highest BCUT2D eigenvalue weighted by Gasteiger charge is 2.15. The molecule has 25 heavy (non-hydrogen) atoms. The second kappa shape index (κ2) is 5.82. The van der Waals surface area contributed by atoms with Crippen LogP contribution < -0.4 is 5.56 Å². The molecule has 4 heterocycles. The van der Waals surface area contributed by atoms with E-state index in [0.29, 0.717) is 22.8 Å². The Hall–Kier alpha value is -3.55. The molecule has 0 aliphatic heterocycles. The summed E-state index contributed by atoms with van der Waals surface area (Å²) in [6.45, 7) is 1.86. The molecule has 0 fully saturated rings. The van der Waals surface area contributed by atoms with Gasteiger partial charge in [-0.3, -0.25) is 4.79 Å². The molecule has 0 amide bonds. The number of hydrogen-bond donors (Lipinski definition) is 0. The van der Waals surface area contributed by atoms with E-state index in [0.717, 1.165) is 5.69 Å². The summed E-state index contributed by atoms with van der Waals surface area (Å²) in [5, 5.41) is 8.09. The number of nitrogens with zero attached hydrogens (tertiary/aromatic N) is 6. The van der Waals surface area contributed by atoms with Crippen molar-refractivity contribution >= 4 is 0 Å². The maximum Gasteiger partial charge on any atom is 0.261 e. The van der Waals surface area contributed by atoms with Gasteiger partial charge in [0.1, 0.15) is 0 Å². The topological polar surface area (TPSA) is 91.6 Å². The van der Waals surface area contributed by atoms with Gasteiger partial charge in [0, 0.05) is 36.9 Å². The Labute approximate surface area is 142 Å². The van der Waals surface area contributed by atoms with Crippen molar-refractivity contribution in [1.29, 1.82) is 0 Å². The highest BCUT2D eigenvalue weighted by Crippen LogP contribution is 2.21. The highest BCUT2D eigenvalue weighted by molar-refractivity contribution is 5.60. The molecule has 4 rings (SSSR count). The fourth-order valence-electron chi connectivity index (χ4n) is 2.43. The predicted molar refractivity (Wildman–Crippen MR) is 90.1 cm³/mol. The van der Waals surface area contributed by atoms with Gasteiger partial charge in [-0.25, -0.2) is 9.67 Å². The van der Waals surface area contributed by atoms with Gasteiger partial charge in [0.2, 0.25) is 5.82 Å². The molecule has 4 aromatic rings. The Morgan fingerprint density at radius 1 is 1.16 bits per heavy atom. The summed E-state index contributed by atoms with van der Waals surface area (Å²) in [7, 11) is 1.71. The highest BCUT2D eigenvalue weighted by atomic mass is 16.5. The molecule has 0 aliphatic rings. The largest absolute Gasteiger partial charge is 0.334 e. The first-order valence-electron chi connectivity index (χ1n) is 7.60. The Kier molecular flexibility index (Phi) is 3.50. The lowest BCUT2D eigenvalue weighted by atomic mass is 10.2. The van der Waals surface area contributed by atoms with Gasteiger partial charge in [0.05, 0.1) is 5.56 Å². The van der Waals surface area contributed by atoms with E-state index in [2.05, 4.69) is 20.2 Å². The van der Waals surface area contributed by atoms with Crippen LogP contribution in [0.3, 0.4) is 0 Å². The Morgan fingerprint density at radius 2 is 2.04 bits per heavy atom. The molecule has 0 aliphatic carbocycles. The summed E-state index contributed by atoms with van der Waals surface area (Å²) in [6, 6.07) is 8.91. The number of pyridine rings is 2. The van der Waals surface area contributed by atoms with E-state index in [9.17, 15) is 4.79 Å². The first kappa shape index (κ1) is 15.0. The van der Waals surface area contributed by atoms with Crippen molar-refractivity contribution in [3.8, 4) is 28.7 Å². The van der Waals surface area contributed by atoms with Crippen LogP contribution in [0.15, 0.2) is 58.2 Å². The van der Waals surface area contributed by atoms with Gasteiger partial charge in [0.25, 0.3) is 11.4 Å². The number of aryl methyl sites for hydroxylation is 1. The van der Waals surface area contributed by atoms with Gasteiger partial charge < -0.3 is 9.09 Å². The average Bonchev–Trinajstić information content (AvgIpc) is 3.32. The van der Waals surface area contributed by atoms with E-state index in [1.165, 1.54) is 0 Å². The van der Waals surface area contributed by atoms with Crippen LogP contribution >= 0.6 is 0 Å². The van der Waals surface area contributed by atoms with Gasteiger partial charge in [-0.2, -0.15) is 10.1 Å². The van der Waals surface area contributed by atoms with Crippen LogP contribution in [0, 0.1) is 6.92 Å². The molecule has 0 saturated carbocycles. The van der Waals surface area contributed by atoms with Crippen molar-refractivity contribution in [2.75, 3.05) is 0 Å². The molecule has 8 heteroatoms. The van der Waals surface area contributed by atoms with Gasteiger partial charge in [-0.1, -0.05) is 5.16 Å². The third kappa shape index (κ3) is 2.63. The van der Waals surface area contributed by atoms with E-state index in [4.69, 9.17) is 4.52 Å². The van der Waals surface area contributed by atoms with Crippen LogP contribution in [0.5, 0.6) is 0 Å². The molecule has 0 N–H and O–H groups in total. The van der Waals surface area contributed by atoms with E-state index >= 15 is 0 Å². The minimum absolute atomic E-state index is 0.167. The van der Waals surface area contributed by atoms with Crippen molar-refractivity contribution in [2.45, 2.75) is 6.92 Å². The normalized spacial score (nSPS) is 11.0. The Bertz CT molecular complexity index is 1090. The minimum Gasteiger partial charge on any atom is -0.334 e. The van der Waals surface area contributed by atoms with Crippen molar-refractivity contribution in [3.05, 3.63) is 65.0 Å². The zero-order valence-corrected chi connectivity index (χ0v) is 13.6. The molecule has 0 spiro atoms. The Balaban J connectivity index is 1.74.